The van der Waals surface area contributed by atoms with E-state index in [1.807, 2.05) is 25.1 Å². The highest BCUT2D eigenvalue weighted by Gasteiger charge is 2.10. The molecule has 0 saturated carbocycles. The summed E-state index contributed by atoms with van der Waals surface area (Å²) in [5.74, 6) is -0.289. The lowest BCUT2D eigenvalue weighted by molar-refractivity contribution is 0.536. The van der Waals surface area contributed by atoms with Crippen LogP contribution in [0.15, 0.2) is 42.6 Å². The fraction of sp³-hybridized carbons (Fsp3) is 0.214. The van der Waals surface area contributed by atoms with Gasteiger partial charge in [0.15, 0.2) is 0 Å². The van der Waals surface area contributed by atoms with E-state index in [2.05, 4.69) is 10.3 Å². The maximum absolute atomic E-state index is 13.6. The van der Waals surface area contributed by atoms with Crippen LogP contribution >= 0.6 is 11.6 Å². The Hall–Kier alpha value is -1.45. The molecule has 0 saturated heterocycles. The summed E-state index contributed by atoms with van der Waals surface area (Å²) in [4.78, 5) is 4.25. The maximum Gasteiger partial charge on any atom is 0.129 e. The van der Waals surface area contributed by atoms with Gasteiger partial charge in [-0.05, 0) is 31.2 Å². The SMILES string of the molecule is CC(NCc1c(F)cccc1Cl)c1ccccn1. The van der Waals surface area contributed by atoms with Crippen molar-refractivity contribution in [1.29, 1.82) is 0 Å². The molecule has 4 heteroatoms. The third kappa shape index (κ3) is 3.06. The molecule has 0 aliphatic rings. The molecule has 94 valence electrons. The van der Waals surface area contributed by atoms with E-state index in [-0.39, 0.29) is 11.9 Å². The molecule has 0 amide bonds. The second kappa shape index (κ2) is 5.94. The number of halogens is 2. The number of benzene rings is 1. The summed E-state index contributed by atoms with van der Waals surface area (Å²) < 4.78 is 13.6. The van der Waals surface area contributed by atoms with Gasteiger partial charge in [-0.25, -0.2) is 4.39 Å². The van der Waals surface area contributed by atoms with Crippen molar-refractivity contribution in [2.75, 3.05) is 0 Å². The van der Waals surface area contributed by atoms with Crippen molar-refractivity contribution >= 4 is 11.6 Å². The van der Waals surface area contributed by atoms with Gasteiger partial charge in [0.05, 0.1) is 5.69 Å². The van der Waals surface area contributed by atoms with Crippen molar-refractivity contribution < 1.29 is 4.39 Å². The molecular weight excluding hydrogens is 251 g/mol. The van der Waals surface area contributed by atoms with Gasteiger partial charge in [0, 0.05) is 29.4 Å². The summed E-state index contributed by atoms with van der Waals surface area (Å²) in [5, 5.41) is 3.65. The monoisotopic (exact) mass is 264 g/mol. The molecular formula is C14H14ClFN2. The third-order valence-electron chi connectivity index (χ3n) is 2.78. The van der Waals surface area contributed by atoms with Crippen LogP contribution in [0.4, 0.5) is 4.39 Å². The minimum absolute atomic E-state index is 0.0434. The molecule has 0 radical (unpaired) electrons. The average molecular weight is 265 g/mol. The van der Waals surface area contributed by atoms with Crippen LogP contribution in [0, 0.1) is 5.82 Å². The van der Waals surface area contributed by atoms with Crippen molar-refractivity contribution in [3.8, 4) is 0 Å². The number of nitrogens with zero attached hydrogens (tertiary/aromatic N) is 1. The van der Waals surface area contributed by atoms with E-state index in [9.17, 15) is 4.39 Å². The van der Waals surface area contributed by atoms with Crippen LogP contribution in [0.3, 0.4) is 0 Å². The zero-order valence-electron chi connectivity index (χ0n) is 10.0. The lowest BCUT2D eigenvalue weighted by atomic mass is 10.1. The lowest BCUT2D eigenvalue weighted by Gasteiger charge is -2.14. The van der Waals surface area contributed by atoms with Crippen LogP contribution in [0.2, 0.25) is 5.02 Å². The molecule has 1 aromatic carbocycles. The van der Waals surface area contributed by atoms with E-state index >= 15 is 0 Å². The van der Waals surface area contributed by atoms with Crippen LogP contribution in [-0.2, 0) is 6.54 Å². The Morgan fingerprint density at radius 2 is 2.11 bits per heavy atom. The quantitative estimate of drug-likeness (QED) is 0.910. The topological polar surface area (TPSA) is 24.9 Å². The minimum atomic E-state index is -0.289. The highest BCUT2D eigenvalue weighted by Crippen LogP contribution is 2.19. The van der Waals surface area contributed by atoms with E-state index in [0.717, 1.165) is 5.69 Å². The van der Waals surface area contributed by atoms with Crippen molar-refractivity contribution in [3.63, 3.8) is 0 Å². The Bertz CT molecular complexity index is 496. The van der Waals surface area contributed by atoms with E-state index in [0.29, 0.717) is 17.1 Å². The largest absolute Gasteiger partial charge is 0.305 e. The normalized spacial score (nSPS) is 12.4. The Morgan fingerprint density at radius 3 is 2.78 bits per heavy atom. The van der Waals surface area contributed by atoms with Gasteiger partial charge in [-0.15, -0.1) is 0 Å². The van der Waals surface area contributed by atoms with E-state index in [4.69, 9.17) is 11.6 Å². The first kappa shape index (κ1) is 13.0. The number of hydrogen-bond acceptors (Lipinski definition) is 2. The summed E-state index contributed by atoms with van der Waals surface area (Å²) in [5.41, 5.74) is 1.41. The minimum Gasteiger partial charge on any atom is -0.305 e. The first-order valence-electron chi connectivity index (χ1n) is 5.75. The maximum atomic E-state index is 13.6. The smallest absolute Gasteiger partial charge is 0.129 e. The van der Waals surface area contributed by atoms with Crippen LogP contribution in [0.5, 0.6) is 0 Å². The van der Waals surface area contributed by atoms with Crippen molar-refractivity contribution in [2.24, 2.45) is 0 Å². The molecule has 0 fully saturated rings. The zero-order valence-corrected chi connectivity index (χ0v) is 10.8. The second-order valence-electron chi connectivity index (χ2n) is 4.06. The van der Waals surface area contributed by atoms with Gasteiger partial charge in [-0.2, -0.15) is 0 Å². The Labute approximate surface area is 111 Å². The molecule has 0 aliphatic heterocycles. The van der Waals surface area contributed by atoms with Gasteiger partial charge < -0.3 is 5.32 Å². The van der Waals surface area contributed by atoms with Crippen LogP contribution in [0.1, 0.15) is 24.2 Å². The van der Waals surface area contributed by atoms with Gasteiger partial charge in [-0.3, -0.25) is 4.98 Å². The number of nitrogens with one attached hydrogen (secondary N) is 1. The first-order valence-corrected chi connectivity index (χ1v) is 6.13. The summed E-state index contributed by atoms with van der Waals surface area (Å²) in [7, 11) is 0. The highest BCUT2D eigenvalue weighted by atomic mass is 35.5. The standard InChI is InChI=1S/C14H14ClFN2/c1-10(14-7-2-3-8-17-14)18-9-11-12(15)5-4-6-13(11)16/h2-8,10,18H,9H2,1H3. The molecule has 1 N–H and O–H groups in total. The van der Waals surface area contributed by atoms with Crippen molar-refractivity contribution in [1.82, 2.24) is 10.3 Å². The fourth-order valence-corrected chi connectivity index (χ4v) is 1.92. The van der Waals surface area contributed by atoms with Gasteiger partial charge in [0.25, 0.3) is 0 Å². The predicted octanol–water partition coefficient (Wildman–Crippen LogP) is 3.72. The summed E-state index contributed by atoms with van der Waals surface area (Å²) in [6.45, 7) is 2.36. The first-order chi connectivity index (χ1) is 8.68. The van der Waals surface area contributed by atoms with Crippen molar-refractivity contribution in [2.45, 2.75) is 19.5 Å². The lowest BCUT2D eigenvalue weighted by Crippen LogP contribution is -2.19. The Morgan fingerprint density at radius 1 is 1.28 bits per heavy atom. The average Bonchev–Trinajstić information content (AvgIpc) is 2.39. The molecule has 1 atom stereocenters. The molecule has 2 aromatic rings. The van der Waals surface area contributed by atoms with Gasteiger partial charge in [0.2, 0.25) is 0 Å². The number of pyridine rings is 1. The van der Waals surface area contributed by atoms with Gasteiger partial charge in [0.1, 0.15) is 5.82 Å². The molecule has 2 rings (SSSR count). The van der Waals surface area contributed by atoms with E-state index in [1.54, 1.807) is 18.3 Å². The summed E-state index contributed by atoms with van der Waals surface area (Å²) in [6.07, 6.45) is 1.74. The predicted molar refractivity (Wildman–Crippen MR) is 70.9 cm³/mol. The molecule has 2 nitrogen and oxygen atoms in total. The van der Waals surface area contributed by atoms with Crippen LogP contribution in [0.25, 0.3) is 0 Å². The Kier molecular flexibility index (Phi) is 4.28. The molecule has 0 aliphatic carbocycles. The third-order valence-corrected chi connectivity index (χ3v) is 3.13. The van der Waals surface area contributed by atoms with Gasteiger partial charge >= 0.3 is 0 Å². The highest BCUT2D eigenvalue weighted by molar-refractivity contribution is 6.31. The molecule has 1 unspecified atom stereocenters. The zero-order chi connectivity index (χ0) is 13.0. The van der Waals surface area contributed by atoms with Gasteiger partial charge in [-0.1, -0.05) is 23.7 Å². The summed E-state index contributed by atoms with van der Waals surface area (Å²) >= 11 is 5.96. The molecule has 18 heavy (non-hydrogen) atoms. The molecule has 0 spiro atoms. The van der Waals surface area contributed by atoms with Crippen LogP contribution in [-0.4, -0.2) is 4.98 Å². The molecule has 1 aromatic heterocycles. The number of aromatic nitrogens is 1. The van der Waals surface area contributed by atoms with E-state index in [1.165, 1.54) is 6.07 Å². The van der Waals surface area contributed by atoms with E-state index < -0.39 is 0 Å². The number of hydrogen-bond donors (Lipinski definition) is 1. The Balaban J connectivity index is 2.04. The molecule has 1 heterocycles. The number of rotatable bonds is 4. The van der Waals surface area contributed by atoms with Crippen LogP contribution < -0.4 is 5.32 Å². The summed E-state index contributed by atoms with van der Waals surface area (Å²) in [6, 6.07) is 10.5. The van der Waals surface area contributed by atoms with Crippen molar-refractivity contribution in [3.05, 3.63) is 64.7 Å². The fourth-order valence-electron chi connectivity index (χ4n) is 1.69. The second-order valence-corrected chi connectivity index (χ2v) is 4.46. The molecule has 0 bridgehead atoms.